The van der Waals surface area contributed by atoms with Crippen LogP contribution in [0.5, 0.6) is 0 Å². The lowest BCUT2D eigenvalue weighted by molar-refractivity contribution is 0.0950. The number of amides is 1. The highest BCUT2D eigenvalue weighted by atomic mass is 16.2. The van der Waals surface area contributed by atoms with Gasteiger partial charge in [-0.3, -0.25) is 14.6 Å². The van der Waals surface area contributed by atoms with Crippen LogP contribution in [-0.4, -0.2) is 35.0 Å². The van der Waals surface area contributed by atoms with Crippen molar-refractivity contribution in [2.75, 3.05) is 13.1 Å². The molecule has 1 atom stereocenters. The van der Waals surface area contributed by atoms with E-state index < -0.39 is 17.2 Å². The fourth-order valence-electron chi connectivity index (χ4n) is 2.04. The van der Waals surface area contributed by atoms with Crippen LogP contribution in [0, 0.1) is 0 Å². The first kappa shape index (κ1) is 12.6. The van der Waals surface area contributed by atoms with Crippen LogP contribution in [-0.2, 0) is 0 Å². The molecule has 1 aliphatic heterocycles. The maximum absolute atomic E-state index is 11.7. The third-order valence-corrected chi connectivity index (χ3v) is 3.00. The second-order valence-corrected chi connectivity index (χ2v) is 4.32. The molecule has 0 spiro atoms. The molecule has 1 amide bonds. The number of rotatable bonds is 4. The van der Waals surface area contributed by atoms with Crippen molar-refractivity contribution in [1.29, 1.82) is 0 Å². The van der Waals surface area contributed by atoms with E-state index >= 15 is 0 Å². The molecule has 0 saturated carbocycles. The predicted molar refractivity (Wildman–Crippen MR) is 65.7 cm³/mol. The molecule has 0 aliphatic carbocycles. The van der Waals surface area contributed by atoms with Gasteiger partial charge in [0.2, 0.25) is 0 Å². The van der Waals surface area contributed by atoms with Crippen LogP contribution in [0.3, 0.4) is 0 Å². The number of aromatic nitrogens is 2. The van der Waals surface area contributed by atoms with E-state index in [0.717, 1.165) is 32.0 Å². The van der Waals surface area contributed by atoms with Crippen LogP contribution in [0.2, 0.25) is 0 Å². The molecule has 0 unspecified atom stereocenters. The summed E-state index contributed by atoms with van der Waals surface area (Å²) < 4.78 is 0. The van der Waals surface area contributed by atoms with Crippen molar-refractivity contribution < 1.29 is 4.79 Å². The van der Waals surface area contributed by atoms with Gasteiger partial charge in [0.1, 0.15) is 5.56 Å². The van der Waals surface area contributed by atoms with Crippen molar-refractivity contribution in [1.82, 2.24) is 20.6 Å². The summed E-state index contributed by atoms with van der Waals surface area (Å²) in [7, 11) is 0. The van der Waals surface area contributed by atoms with Gasteiger partial charge in [0, 0.05) is 18.8 Å². The van der Waals surface area contributed by atoms with Gasteiger partial charge in [0.25, 0.3) is 11.5 Å². The zero-order valence-electron chi connectivity index (χ0n) is 9.91. The first-order valence-electron chi connectivity index (χ1n) is 6.00. The predicted octanol–water partition coefficient (Wildman–Crippen LogP) is -1.06. The van der Waals surface area contributed by atoms with Gasteiger partial charge in [0.05, 0.1) is 0 Å². The molecule has 4 N–H and O–H groups in total. The summed E-state index contributed by atoms with van der Waals surface area (Å²) in [5, 5.41) is 5.99. The topological polar surface area (TPSA) is 107 Å². The van der Waals surface area contributed by atoms with Crippen molar-refractivity contribution in [3.8, 4) is 0 Å². The highest BCUT2D eigenvalue weighted by Gasteiger charge is 2.15. The largest absolute Gasteiger partial charge is 0.352 e. The maximum Gasteiger partial charge on any atom is 0.325 e. The number of carbonyl (C=O) groups is 1. The van der Waals surface area contributed by atoms with Crippen molar-refractivity contribution in [3.05, 3.63) is 32.6 Å². The Morgan fingerprint density at radius 2 is 2.28 bits per heavy atom. The van der Waals surface area contributed by atoms with Crippen LogP contribution in [0.25, 0.3) is 0 Å². The quantitative estimate of drug-likeness (QED) is 0.547. The van der Waals surface area contributed by atoms with Crippen molar-refractivity contribution in [3.63, 3.8) is 0 Å². The average molecular weight is 252 g/mol. The van der Waals surface area contributed by atoms with Gasteiger partial charge in [-0.15, -0.1) is 0 Å². The van der Waals surface area contributed by atoms with Crippen LogP contribution in [0.15, 0.2) is 15.8 Å². The van der Waals surface area contributed by atoms with Gasteiger partial charge in [0.15, 0.2) is 0 Å². The Morgan fingerprint density at radius 3 is 2.94 bits per heavy atom. The Hall–Kier alpha value is -1.89. The molecule has 98 valence electrons. The fourth-order valence-corrected chi connectivity index (χ4v) is 2.04. The number of hydrogen-bond donors (Lipinski definition) is 4. The standard InChI is InChI=1S/C11H16N4O3/c16-9(8-6-14-11(18)15-10(8)17)13-5-3-7-2-1-4-12-7/h6-7,12H,1-5H2,(H,13,16)(H2,14,15,17,18)/t7-/m0/s1. The summed E-state index contributed by atoms with van der Waals surface area (Å²) in [4.78, 5) is 38.1. The Kier molecular flexibility index (Phi) is 3.93. The Labute approximate surface area is 103 Å². The van der Waals surface area contributed by atoms with Gasteiger partial charge in [-0.2, -0.15) is 0 Å². The van der Waals surface area contributed by atoms with Gasteiger partial charge < -0.3 is 15.6 Å². The zero-order valence-corrected chi connectivity index (χ0v) is 9.91. The highest BCUT2D eigenvalue weighted by Crippen LogP contribution is 2.07. The Bertz CT molecular complexity index is 528. The maximum atomic E-state index is 11.7. The molecule has 0 radical (unpaired) electrons. The van der Waals surface area contributed by atoms with Crippen LogP contribution in [0.1, 0.15) is 29.6 Å². The minimum Gasteiger partial charge on any atom is -0.352 e. The van der Waals surface area contributed by atoms with Crippen LogP contribution < -0.4 is 21.9 Å². The molecule has 7 nitrogen and oxygen atoms in total. The van der Waals surface area contributed by atoms with E-state index in [0.29, 0.717) is 12.6 Å². The monoisotopic (exact) mass is 252 g/mol. The number of nitrogens with one attached hydrogen (secondary N) is 4. The molecule has 7 heteroatoms. The van der Waals surface area contributed by atoms with E-state index in [4.69, 9.17) is 0 Å². The molecule has 0 aromatic carbocycles. The third-order valence-electron chi connectivity index (χ3n) is 3.00. The second-order valence-electron chi connectivity index (χ2n) is 4.32. The molecule has 1 saturated heterocycles. The Morgan fingerprint density at radius 1 is 1.44 bits per heavy atom. The lowest BCUT2D eigenvalue weighted by Gasteiger charge is -2.10. The van der Waals surface area contributed by atoms with Crippen molar-refractivity contribution >= 4 is 5.91 Å². The summed E-state index contributed by atoms with van der Waals surface area (Å²) in [6, 6.07) is 0.444. The van der Waals surface area contributed by atoms with E-state index in [1.807, 2.05) is 4.98 Å². The van der Waals surface area contributed by atoms with E-state index in [1.54, 1.807) is 0 Å². The zero-order chi connectivity index (χ0) is 13.0. The fraction of sp³-hybridized carbons (Fsp3) is 0.545. The van der Waals surface area contributed by atoms with Crippen molar-refractivity contribution in [2.24, 2.45) is 0 Å². The Balaban J connectivity index is 1.87. The molecule has 2 heterocycles. The van der Waals surface area contributed by atoms with Crippen LogP contribution in [0.4, 0.5) is 0 Å². The molecule has 1 fully saturated rings. The number of carbonyl (C=O) groups excluding carboxylic acids is 1. The molecule has 1 aliphatic rings. The van der Waals surface area contributed by atoms with Gasteiger partial charge in [-0.25, -0.2) is 4.79 Å². The van der Waals surface area contributed by atoms with Gasteiger partial charge >= 0.3 is 5.69 Å². The summed E-state index contributed by atoms with van der Waals surface area (Å²) in [6.07, 6.45) is 4.25. The van der Waals surface area contributed by atoms with Gasteiger partial charge in [-0.05, 0) is 25.8 Å². The first-order valence-corrected chi connectivity index (χ1v) is 6.00. The molecule has 0 bridgehead atoms. The number of hydrogen-bond acceptors (Lipinski definition) is 4. The lowest BCUT2D eigenvalue weighted by atomic mass is 10.1. The number of H-pyrrole nitrogens is 2. The van der Waals surface area contributed by atoms with Crippen LogP contribution >= 0.6 is 0 Å². The highest BCUT2D eigenvalue weighted by molar-refractivity contribution is 5.93. The summed E-state index contributed by atoms with van der Waals surface area (Å²) in [5.74, 6) is -0.467. The van der Waals surface area contributed by atoms with E-state index in [-0.39, 0.29) is 5.56 Å². The molecule has 1 aromatic rings. The normalized spacial score (nSPS) is 18.8. The molecule has 1 aromatic heterocycles. The second kappa shape index (κ2) is 5.63. The van der Waals surface area contributed by atoms with E-state index in [9.17, 15) is 14.4 Å². The minimum atomic E-state index is -0.671. The van der Waals surface area contributed by atoms with Gasteiger partial charge in [-0.1, -0.05) is 0 Å². The summed E-state index contributed by atoms with van der Waals surface area (Å²) in [5.41, 5.74) is -1.36. The smallest absolute Gasteiger partial charge is 0.325 e. The van der Waals surface area contributed by atoms with E-state index in [1.165, 1.54) is 0 Å². The third kappa shape index (κ3) is 3.07. The lowest BCUT2D eigenvalue weighted by Crippen LogP contribution is -2.35. The van der Waals surface area contributed by atoms with E-state index in [2.05, 4.69) is 15.6 Å². The number of aromatic amines is 2. The first-order chi connectivity index (χ1) is 8.66. The van der Waals surface area contributed by atoms with Crippen molar-refractivity contribution in [2.45, 2.75) is 25.3 Å². The molecular formula is C11H16N4O3. The molecule has 2 rings (SSSR count). The SMILES string of the molecule is O=C(NCC[C@@H]1CCCN1)c1c[nH]c(=O)[nH]c1=O. The average Bonchev–Trinajstić information content (AvgIpc) is 2.81. The molecular weight excluding hydrogens is 236 g/mol. The molecule has 18 heavy (non-hydrogen) atoms. The minimum absolute atomic E-state index is 0.0750. The summed E-state index contributed by atoms with van der Waals surface area (Å²) in [6.45, 7) is 1.53. The summed E-state index contributed by atoms with van der Waals surface area (Å²) >= 11 is 0.